The van der Waals surface area contributed by atoms with E-state index in [9.17, 15) is 4.79 Å². The minimum absolute atomic E-state index is 0.281. The molecule has 0 unspecified atom stereocenters. The lowest BCUT2D eigenvalue weighted by Gasteiger charge is -2.06. The maximum absolute atomic E-state index is 11.5. The van der Waals surface area contributed by atoms with E-state index >= 15 is 0 Å². The van der Waals surface area contributed by atoms with Gasteiger partial charge in [-0.1, -0.05) is 0 Å². The van der Waals surface area contributed by atoms with Crippen molar-refractivity contribution in [3.8, 4) is 0 Å². The zero-order chi connectivity index (χ0) is 13.0. The van der Waals surface area contributed by atoms with Gasteiger partial charge < -0.3 is 20.4 Å². The predicted molar refractivity (Wildman–Crippen MR) is 70.0 cm³/mol. The van der Waals surface area contributed by atoms with E-state index < -0.39 is 0 Å². The Morgan fingerprint density at radius 3 is 3.17 bits per heavy atom. The lowest BCUT2D eigenvalue weighted by atomic mass is 10.3. The molecule has 96 valence electrons. The second-order valence-electron chi connectivity index (χ2n) is 3.63. The van der Waals surface area contributed by atoms with E-state index in [0.717, 1.165) is 11.0 Å². The standard InChI is InChI=1S/C11H13ClN4O2/c1-18-5-4-13-11(17)14-7-2-3-8-9(6-7)16-10(12)15-8/h2-3,6H,4-5H2,1H3,(H,15,16)(H2,13,14,17). The quantitative estimate of drug-likeness (QED) is 0.742. The van der Waals surface area contributed by atoms with E-state index in [1.807, 2.05) is 0 Å². The SMILES string of the molecule is COCCNC(=O)Nc1ccc2nc(Cl)[nH]c2c1. The van der Waals surface area contributed by atoms with Crippen molar-refractivity contribution in [1.82, 2.24) is 15.3 Å². The molecule has 0 saturated heterocycles. The Morgan fingerprint density at radius 2 is 2.39 bits per heavy atom. The molecule has 2 amide bonds. The number of fused-ring (bicyclic) bond motifs is 1. The fourth-order valence-electron chi connectivity index (χ4n) is 1.50. The molecular formula is C11H13ClN4O2. The van der Waals surface area contributed by atoms with E-state index in [4.69, 9.17) is 16.3 Å². The summed E-state index contributed by atoms with van der Waals surface area (Å²) in [4.78, 5) is 18.4. The molecule has 0 aliphatic rings. The highest BCUT2D eigenvalue weighted by molar-refractivity contribution is 6.29. The van der Waals surface area contributed by atoms with Gasteiger partial charge in [0.05, 0.1) is 17.6 Å². The summed E-state index contributed by atoms with van der Waals surface area (Å²) in [6, 6.07) is 5.03. The van der Waals surface area contributed by atoms with E-state index in [0.29, 0.717) is 24.1 Å². The molecule has 7 heteroatoms. The van der Waals surface area contributed by atoms with E-state index in [2.05, 4.69) is 20.6 Å². The Morgan fingerprint density at radius 1 is 1.56 bits per heavy atom. The normalized spacial score (nSPS) is 10.6. The minimum Gasteiger partial charge on any atom is -0.383 e. The molecule has 0 aliphatic heterocycles. The van der Waals surface area contributed by atoms with Crippen LogP contribution in [0.2, 0.25) is 5.28 Å². The molecule has 2 aromatic rings. The van der Waals surface area contributed by atoms with Crippen LogP contribution in [-0.4, -0.2) is 36.3 Å². The third-order valence-electron chi connectivity index (χ3n) is 2.30. The second kappa shape index (κ2) is 5.70. The molecule has 0 aliphatic carbocycles. The van der Waals surface area contributed by atoms with Gasteiger partial charge in [0.2, 0.25) is 5.28 Å². The van der Waals surface area contributed by atoms with Gasteiger partial charge in [0.15, 0.2) is 0 Å². The van der Waals surface area contributed by atoms with E-state index in [1.165, 1.54) is 0 Å². The monoisotopic (exact) mass is 268 g/mol. The maximum Gasteiger partial charge on any atom is 0.319 e. The number of methoxy groups -OCH3 is 1. The van der Waals surface area contributed by atoms with Gasteiger partial charge in [-0.3, -0.25) is 0 Å². The highest BCUT2D eigenvalue weighted by atomic mass is 35.5. The first-order chi connectivity index (χ1) is 8.69. The highest BCUT2D eigenvalue weighted by Crippen LogP contribution is 2.18. The zero-order valence-corrected chi connectivity index (χ0v) is 10.5. The van der Waals surface area contributed by atoms with Crippen LogP contribution in [0.4, 0.5) is 10.5 Å². The fraction of sp³-hybridized carbons (Fsp3) is 0.273. The van der Waals surface area contributed by atoms with Crippen LogP contribution >= 0.6 is 11.6 Å². The maximum atomic E-state index is 11.5. The average Bonchev–Trinajstić information content (AvgIpc) is 2.69. The average molecular weight is 269 g/mol. The number of rotatable bonds is 4. The molecule has 0 saturated carbocycles. The van der Waals surface area contributed by atoms with Gasteiger partial charge in [0.25, 0.3) is 0 Å². The number of aromatic nitrogens is 2. The van der Waals surface area contributed by atoms with Gasteiger partial charge in [-0.2, -0.15) is 0 Å². The fourth-order valence-corrected chi connectivity index (χ4v) is 1.69. The van der Waals surface area contributed by atoms with Gasteiger partial charge in [0.1, 0.15) is 0 Å². The van der Waals surface area contributed by atoms with Crippen LogP contribution in [0.5, 0.6) is 0 Å². The number of nitrogens with zero attached hydrogens (tertiary/aromatic N) is 1. The first-order valence-corrected chi connectivity index (χ1v) is 5.76. The van der Waals surface area contributed by atoms with Crippen molar-refractivity contribution >= 4 is 34.4 Å². The number of benzene rings is 1. The smallest absolute Gasteiger partial charge is 0.319 e. The summed E-state index contributed by atoms with van der Waals surface area (Å²) in [6.07, 6.45) is 0. The van der Waals surface area contributed by atoms with Crippen LogP contribution in [0.1, 0.15) is 0 Å². The summed E-state index contributed by atoms with van der Waals surface area (Å²) in [7, 11) is 1.58. The van der Waals surface area contributed by atoms with Crippen molar-refractivity contribution in [2.24, 2.45) is 0 Å². The van der Waals surface area contributed by atoms with E-state index in [-0.39, 0.29) is 6.03 Å². The minimum atomic E-state index is -0.281. The summed E-state index contributed by atoms with van der Waals surface area (Å²) in [5.74, 6) is 0. The number of hydrogen-bond donors (Lipinski definition) is 3. The molecular weight excluding hydrogens is 256 g/mol. The summed E-state index contributed by atoms with van der Waals surface area (Å²) in [5.41, 5.74) is 2.19. The Hall–Kier alpha value is -1.79. The molecule has 0 radical (unpaired) electrons. The lowest BCUT2D eigenvalue weighted by Crippen LogP contribution is -2.31. The largest absolute Gasteiger partial charge is 0.383 e. The number of hydrogen-bond acceptors (Lipinski definition) is 3. The van der Waals surface area contributed by atoms with Gasteiger partial charge in [0, 0.05) is 19.3 Å². The number of aromatic amines is 1. The topological polar surface area (TPSA) is 79.0 Å². The molecule has 1 aromatic carbocycles. The summed E-state index contributed by atoms with van der Waals surface area (Å²) < 4.78 is 4.83. The number of carbonyl (C=O) groups is 1. The number of H-pyrrole nitrogens is 1. The van der Waals surface area contributed by atoms with Gasteiger partial charge in [-0.05, 0) is 29.8 Å². The molecule has 18 heavy (non-hydrogen) atoms. The number of carbonyl (C=O) groups excluding carboxylic acids is 1. The molecule has 0 fully saturated rings. The van der Waals surface area contributed by atoms with Crippen molar-refractivity contribution in [2.45, 2.75) is 0 Å². The third kappa shape index (κ3) is 3.12. The summed E-state index contributed by atoms with van der Waals surface area (Å²) in [5, 5.41) is 5.69. The van der Waals surface area contributed by atoms with Crippen LogP contribution in [0.15, 0.2) is 18.2 Å². The highest BCUT2D eigenvalue weighted by Gasteiger charge is 2.04. The van der Waals surface area contributed by atoms with Crippen LogP contribution in [0, 0.1) is 0 Å². The summed E-state index contributed by atoms with van der Waals surface area (Å²) in [6.45, 7) is 0.934. The third-order valence-corrected chi connectivity index (χ3v) is 2.48. The predicted octanol–water partition coefficient (Wildman–Crippen LogP) is 1.98. The van der Waals surface area contributed by atoms with E-state index in [1.54, 1.807) is 25.3 Å². The first kappa shape index (κ1) is 12.7. The lowest BCUT2D eigenvalue weighted by molar-refractivity contribution is 0.198. The second-order valence-corrected chi connectivity index (χ2v) is 3.99. The van der Waals surface area contributed by atoms with Crippen LogP contribution in [-0.2, 0) is 4.74 Å². The number of urea groups is 1. The van der Waals surface area contributed by atoms with Crippen molar-refractivity contribution < 1.29 is 9.53 Å². The molecule has 2 rings (SSSR count). The molecule has 3 N–H and O–H groups in total. The van der Waals surface area contributed by atoms with Gasteiger partial charge >= 0.3 is 6.03 Å². The Bertz CT molecular complexity index is 555. The van der Waals surface area contributed by atoms with Crippen molar-refractivity contribution in [3.63, 3.8) is 0 Å². The molecule has 1 heterocycles. The summed E-state index contributed by atoms with van der Waals surface area (Å²) >= 11 is 5.75. The zero-order valence-electron chi connectivity index (χ0n) is 9.79. The number of ether oxygens (including phenoxy) is 1. The van der Waals surface area contributed by atoms with Crippen LogP contribution in [0.3, 0.4) is 0 Å². The van der Waals surface area contributed by atoms with Crippen molar-refractivity contribution in [3.05, 3.63) is 23.5 Å². The molecule has 0 atom stereocenters. The molecule has 0 bridgehead atoms. The number of anilines is 1. The Balaban J connectivity index is 2.00. The Labute approximate surface area is 109 Å². The first-order valence-electron chi connectivity index (χ1n) is 5.38. The van der Waals surface area contributed by atoms with Crippen LogP contribution < -0.4 is 10.6 Å². The van der Waals surface area contributed by atoms with Crippen molar-refractivity contribution in [2.75, 3.05) is 25.6 Å². The molecule has 1 aromatic heterocycles. The van der Waals surface area contributed by atoms with Crippen LogP contribution in [0.25, 0.3) is 11.0 Å². The number of nitrogens with one attached hydrogen (secondary N) is 3. The number of halogens is 1. The van der Waals surface area contributed by atoms with Crippen molar-refractivity contribution in [1.29, 1.82) is 0 Å². The van der Waals surface area contributed by atoms with Gasteiger partial charge in [-0.25, -0.2) is 9.78 Å². The number of amides is 2. The molecule has 6 nitrogen and oxygen atoms in total. The number of imidazole rings is 1. The van der Waals surface area contributed by atoms with Gasteiger partial charge in [-0.15, -0.1) is 0 Å². The Kier molecular flexibility index (Phi) is 4.01. The molecule has 0 spiro atoms.